The van der Waals surface area contributed by atoms with Gasteiger partial charge in [-0.3, -0.25) is 4.79 Å². The highest BCUT2D eigenvalue weighted by Gasteiger charge is 2.24. The Labute approximate surface area is 173 Å². The molecule has 1 amide bonds. The number of thiophene rings is 1. The molecule has 1 aliphatic heterocycles. The minimum Gasteiger partial charge on any atom is -0.376 e. The molecule has 1 aromatic carbocycles. The number of thioether (sulfide) groups is 1. The van der Waals surface area contributed by atoms with Gasteiger partial charge >= 0.3 is 0 Å². The van der Waals surface area contributed by atoms with Crippen molar-refractivity contribution in [2.45, 2.75) is 37.8 Å². The van der Waals surface area contributed by atoms with E-state index in [1.165, 1.54) is 4.88 Å². The number of carbonyl (C=O) groups is 1. The molecule has 5 nitrogen and oxygen atoms in total. The maximum atomic E-state index is 13.3. The average molecular weight is 416 g/mol. The summed E-state index contributed by atoms with van der Waals surface area (Å²) in [5.74, 6) is 1.86. The fourth-order valence-corrected chi connectivity index (χ4v) is 4.85. The summed E-state index contributed by atoms with van der Waals surface area (Å²) in [7, 11) is 0. The van der Waals surface area contributed by atoms with E-state index in [-0.39, 0.29) is 12.0 Å². The number of imidazole rings is 1. The van der Waals surface area contributed by atoms with E-state index in [9.17, 15) is 4.79 Å². The number of hydrogen-bond acceptors (Lipinski definition) is 5. The van der Waals surface area contributed by atoms with E-state index in [1.54, 1.807) is 23.1 Å². The van der Waals surface area contributed by atoms with E-state index in [0.717, 1.165) is 42.1 Å². The molecule has 7 heteroatoms. The molecular weight excluding hydrogens is 390 g/mol. The van der Waals surface area contributed by atoms with Crippen LogP contribution >= 0.6 is 23.1 Å². The third-order valence-electron chi connectivity index (χ3n) is 5.03. The van der Waals surface area contributed by atoms with Gasteiger partial charge in [-0.05, 0) is 42.7 Å². The maximum absolute atomic E-state index is 13.3. The van der Waals surface area contributed by atoms with Crippen LogP contribution in [0.4, 0.5) is 0 Å². The zero-order chi connectivity index (χ0) is 19.3. The molecule has 28 heavy (non-hydrogen) atoms. The summed E-state index contributed by atoms with van der Waals surface area (Å²) in [6.07, 6.45) is 4.32. The fourth-order valence-electron chi connectivity index (χ4n) is 3.66. The van der Waals surface area contributed by atoms with Crippen LogP contribution in [-0.2, 0) is 28.4 Å². The second-order valence-electron chi connectivity index (χ2n) is 7.02. The lowest BCUT2D eigenvalue weighted by atomic mass is 10.2. The molecule has 2 aromatic heterocycles. The van der Waals surface area contributed by atoms with E-state index in [2.05, 4.69) is 22.3 Å². The molecule has 1 atom stereocenters. The van der Waals surface area contributed by atoms with Crippen molar-refractivity contribution in [1.29, 1.82) is 0 Å². The normalized spacial score (nSPS) is 16.7. The first-order valence-corrected chi connectivity index (χ1v) is 11.9. The lowest BCUT2D eigenvalue weighted by molar-refractivity contribution is -0.134. The van der Waals surface area contributed by atoms with Crippen molar-refractivity contribution in [1.82, 2.24) is 14.5 Å². The van der Waals surface area contributed by atoms with E-state index >= 15 is 0 Å². The number of carbonyl (C=O) groups excluding carboxylic acids is 1. The van der Waals surface area contributed by atoms with Gasteiger partial charge in [-0.1, -0.05) is 18.2 Å². The Morgan fingerprint density at radius 1 is 1.36 bits per heavy atom. The number of benzene rings is 1. The van der Waals surface area contributed by atoms with Crippen LogP contribution in [0.25, 0.3) is 11.0 Å². The molecular formula is C21H25N3O2S2. The third-order valence-corrected chi connectivity index (χ3v) is 6.44. The first-order valence-electron chi connectivity index (χ1n) is 9.59. The van der Waals surface area contributed by atoms with Crippen LogP contribution in [0, 0.1) is 0 Å². The zero-order valence-electron chi connectivity index (χ0n) is 16.0. The molecule has 1 saturated heterocycles. The first-order chi connectivity index (χ1) is 13.7. The molecule has 0 radical (unpaired) electrons. The van der Waals surface area contributed by atoms with Crippen molar-refractivity contribution in [2.75, 3.05) is 19.4 Å². The minimum atomic E-state index is 0.120. The Kier molecular flexibility index (Phi) is 6.34. The van der Waals surface area contributed by atoms with Gasteiger partial charge in [0.2, 0.25) is 5.91 Å². The topological polar surface area (TPSA) is 47.4 Å². The maximum Gasteiger partial charge on any atom is 0.242 e. The number of amides is 1. The largest absolute Gasteiger partial charge is 0.376 e. The van der Waals surface area contributed by atoms with Gasteiger partial charge in [0.15, 0.2) is 0 Å². The van der Waals surface area contributed by atoms with Crippen molar-refractivity contribution >= 4 is 40.0 Å². The number of hydrogen-bond donors (Lipinski definition) is 0. The van der Waals surface area contributed by atoms with Crippen LogP contribution in [0.5, 0.6) is 0 Å². The highest BCUT2D eigenvalue weighted by molar-refractivity contribution is 7.97. The summed E-state index contributed by atoms with van der Waals surface area (Å²) in [4.78, 5) is 21.2. The Morgan fingerprint density at radius 3 is 3.00 bits per heavy atom. The van der Waals surface area contributed by atoms with Gasteiger partial charge in [0, 0.05) is 18.0 Å². The monoisotopic (exact) mass is 415 g/mol. The molecule has 0 spiro atoms. The van der Waals surface area contributed by atoms with Crippen LogP contribution in [0.1, 0.15) is 23.5 Å². The van der Waals surface area contributed by atoms with E-state index in [0.29, 0.717) is 19.6 Å². The van der Waals surface area contributed by atoms with Crippen molar-refractivity contribution in [3.05, 3.63) is 52.5 Å². The van der Waals surface area contributed by atoms with Gasteiger partial charge in [-0.15, -0.1) is 11.3 Å². The summed E-state index contributed by atoms with van der Waals surface area (Å²) in [6.45, 7) is 2.41. The van der Waals surface area contributed by atoms with Gasteiger partial charge < -0.3 is 14.2 Å². The highest BCUT2D eigenvalue weighted by atomic mass is 32.2. The molecule has 0 saturated carbocycles. The van der Waals surface area contributed by atoms with Gasteiger partial charge in [0.1, 0.15) is 12.4 Å². The fraction of sp³-hybridized carbons (Fsp3) is 0.429. The Balaban J connectivity index is 1.58. The van der Waals surface area contributed by atoms with Crippen LogP contribution in [0.15, 0.2) is 41.8 Å². The second-order valence-corrected chi connectivity index (χ2v) is 8.92. The standard InChI is InChI=1S/C21H25N3O2S2/c1-27-15-20-22-18-8-2-3-9-19(18)24(20)14-21(25)23(12-16-6-4-10-26-16)13-17-7-5-11-28-17/h2-3,5,7-9,11,16H,4,6,10,12-15H2,1H3. The zero-order valence-corrected chi connectivity index (χ0v) is 17.7. The SMILES string of the molecule is CSCc1nc2ccccc2n1CC(=O)N(Cc1cccs1)CC1CCCO1. The van der Waals surface area contributed by atoms with Crippen LogP contribution < -0.4 is 0 Å². The highest BCUT2D eigenvalue weighted by Crippen LogP contribution is 2.21. The molecule has 148 valence electrons. The van der Waals surface area contributed by atoms with Crippen LogP contribution in [-0.4, -0.2) is 45.9 Å². The van der Waals surface area contributed by atoms with Crippen LogP contribution in [0.2, 0.25) is 0 Å². The molecule has 3 aromatic rings. The predicted octanol–water partition coefficient (Wildman–Crippen LogP) is 4.17. The first kappa shape index (κ1) is 19.5. The summed E-state index contributed by atoms with van der Waals surface area (Å²) >= 11 is 3.41. The van der Waals surface area contributed by atoms with Gasteiger partial charge in [-0.25, -0.2) is 4.98 Å². The summed E-state index contributed by atoms with van der Waals surface area (Å²) in [6, 6.07) is 12.2. The predicted molar refractivity (Wildman–Crippen MR) is 116 cm³/mol. The minimum absolute atomic E-state index is 0.120. The Morgan fingerprint density at radius 2 is 2.25 bits per heavy atom. The number of nitrogens with zero attached hydrogens (tertiary/aromatic N) is 3. The molecule has 0 aliphatic carbocycles. The number of fused-ring (bicyclic) bond motifs is 1. The molecule has 0 N–H and O–H groups in total. The molecule has 1 unspecified atom stereocenters. The summed E-state index contributed by atoms with van der Waals surface area (Å²) < 4.78 is 7.88. The van der Waals surface area contributed by atoms with Gasteiger partial charge in [0.25, 0.3) is 0 Å². The summed E-state index contributed by atoms with van der Waals surface area (Å²) in [5, 5.41) is 2.06. The Hall–Kier alpha value is -1.83. The average Bonchev–Trinajstić information content (AvgIpc) is 3.44. The van der Waals surface area contributed by atoms with E-state index < -0.39 is 0 Å². The molecule has 1 fully saturated rings. The Bertz CT molecular complexity index is 917. The van der Waals surface area contributed by atoms with E-state index in [4.69, 9.17) is 9.72 Å². The third kappa shape index (κ3) is 4.42. The molecule has 4 rings (SSSR count). The lowest BCUT2D eigenvalue weighted by Crippen LogP contribution is -2.38. The van der Waals surface area contributed by atoms with Crippen molar-refractivity contribution in [3.8, 4) is 0 Å². The quantitative estimate of drug-likeness (QED) is 0.554. The van der Waals surface area contributed by atoms with Crippen molar-refractivity contribution < 1.29 is 9.53 Å². The van der Waals surface area contributed by atoms with E-state index in [1.807, 2.05) is 35.2 Å². The molecule has 0 bridgehead atoms. The second kappa shape index (κ2) is 9.11. The lowest BCUT2D eigenvalue weighted by Gasteiger charge is -2.25. The molecule has 1 aliphatic rings. The molecule has 3 heterocycles. The summed E-state index contributed by atoms with van der Waals surface area (Å²) in [5.41, 5.74) is 1.97. The number of ether oxygens (including phenoxy) is 1. The van der Waals surface area contributed by atoms with Crippen LogP contribution in [0.3, 0.4) is 0 Å². The number of aromatic nitrogens is 2. The van der Waals surface area contributed by atoms with Gasteiger partial charge in [-0.2, -0.15) is 11.8 Å². The number of rotatable bonds is 8. The van der Waals surface area contributed by atoms with Crippen molar-refractivity contribution in [2.24, 2.45) is 0 Å². The van der Waals surface area contributed by atoms with Gasteiger partial charge in [0.05, 0.1) is 29.4 Å². The smallest absolute Gasteiger partial charge is 0.242 e. The number of para-hydroxylation sites is 2. The van der Waals surface area contributed by atoms with Crippen molar-refractivity contribution in [3.63, 3.8) is 0 Å².